The summed E-state index contributed by atoms with van der Waals surface area (Å²) >= 11 is 0. The molecule has 1 aliphatic carbocycles. The van der Waals surface area contributed by atoms with Crippen molar-refractivity contribution in [1.82, 2.24) is 0 Å². The van der Waals surface area contributed by atoms with E-state index in [4.69, 9.17) is 26.2 Å². The molecule has 3 aliphatic heterocycles. The van der Waals surface area contributed by atoms with Gasteiger partial charge in [0.2, 0.25) is 0 Å². The molecule has 0 spiro atoms. The van der Waals surface area contributed by atoms with Crippen LogP contribution in [0, 0.1) is 17.8 Å². The van der Waals surface area contributed by atoms with Crippen molar-refractivity contribution >= 4 is 17.8 Å². The third-order valence-corrected chi connectivity index (χ3v) is 10.1. The summed E-state index contributed by atoms with van der Waals surface area (Å²) in [4.78, 5) is 33.8. The maximum atomic E-state index is 14.2. The van der Waals surface area contributed by atoms with Crippen LogP contribution in [-0.2, 0) is 14.4 Å². The van der Waals surface area contributed by atoms with Gasteiger partial charge in [0.05, 0.1) is 19.5 Å². The van der Waals surface area contributed by atoms with Gasteiger partial charge in [-0.15, -0.1) is 0 Å². The van der Waals surface area contributed by atoms with E-state index < -0.39 is 24.1 Å². The van der Waals surface area contributed by atoms with E-state index in [0.29, 0.717) is 34.6 Å². The monoisotopic (exact) mass is 553 g/mol. The largest absolute Gasteiger partial charge is 0.479 e. The van der Waals surface area contributed by atoms with Crippen molar-refractivity contribution in [2.45, 2.75) is 69.2 Å². The molecule has 6 N–H and O–H groups in total. The van der Waals surface area contributed by atoms with Gasteiger partial charge in [-0.3, -0.25) is 4.48 Å². The van der Waals surface area contributed by atoms with E-state index in [1.807, 2.05) is 12.1 Å². The number of aliphatic carboxylic acids is 2. The molecule has 4 bridgehead atoms. The van der Waals surface area contributed by atoms with Crippen molar-refractivity contribution in [2.75, 3.05) is 13.1 Å². The number of nitrogens with two attached hydrogens (primary N) is 1. The second kappa shape index (κ2) is 11.0. The number of aliphatic hydroxyl groups is 2. The zero-order valence-corrected chi connectivity index (χ0v) is 23.3. The summed E-state index contributed by atoms with van der Waals surface area (Å²) in [5.74, 6) is -1.51. The van der Waals surface area contributed by atoms with Crippen molar-refractivity contribution < 1.29 is 39.3 Å². The number of carbonyl (C=O) groups is 3. The Hall–Kier alpha value is -3.11. The highest BCUT2D eigenvalue weighted by molar-refractivity contribution is 5.83. The lowest BCUT2D eigenvalue weighted by atomic mass is 9.52. The summed E-state index contributed by atoms with van der Waals surface area (Å²) in [6.45, 7) is 8.78. The van der Waals surface area contributed by atoms with E-state index in [1.54, 1.807) is 0 Å². The van der Waals surface area contributed by atoms with E-state index >= 15 is 0 Å². The van der Waals surface area contributed by atoms with Crippen LogP contribution in [0.5, 0.6) is 0 Å². The van der Waals surface area contributed by atoms with Crippen LogP contribution in [0.1, 0.15) is 57.1 Å². The molecule has 9 heteroatoms. The minimum absolute atomic E-state index is 0.00148. The van der Waals surface area contributed by atoms with Gasteiger partial charge in [0.1, 0.15) is 5.54 Å². The molecule has 2 aromatic rings. The number of rotatable bonds is 7. The molecule has 3 heterocycles. The van der Waals surface area contributed by atoms with Crippen molar-refractivity contribution in [2.24, 2.45) is 23.5 Å². The topological polar surface area (TPSA) is 158 Å². The van der Waals surface area contributed by atoms with Gasteiger partial charge in [-0.2, -0.15) is 0 Å². The molecule has 0 radical (unpaired) electrons. The third kappa shape index (κ3) is 5.19. The summed E-state index contributed by atoms with van der Waals surface area (Å²) in [6.07, 6.45) is -1.60. The number of amides is 1. The van der Waals surface area contributed by atoms with E-state index in [0.717, 1.165) is 13.1 Å². The number of carboxylic acid groups (broad SMARTS) is 2. The minimum atomic E-state index is -2.27. The molecule has 4 atom stereocenters. The molecule has 4 unspecified atom stereocenters. The molecule has 0 aromatic heterocycles. The Balaban J connectivity index is 0.000000318. The van der Waals surface area contributed by atoms with Crippen LogP contribution < -0.4 is 5.73 Å². The highest BCUT2D eigenvalue weighted by Gasteiger charge is 2.70. The SMILES string of the molecule is CC1(N)C2CC3CC1C[N+](C(=O)CC(c1ccccc1)c1ccccc1)(C2)C3(C)C.O=C(O)C(O)C(O)C(=O)O. The Bertz CT molecular complexity index is 1160. The van der Waals surface area contributed by atoms with Gasteiger partial charge in [0.15, 0.2) is 12.2 Å². The van der Waals surface area contributed by atoms with Crippen LogP contribution >= 0.6 is 0 Å². The fourth-order valence-electron chi connectivity index (χ4n) is 7.33. The first-order chi connectivity index (χ1) is 18.7. The number of hydrogen-bond acceptors (Lipinski definition) is 6. The molecule has 4 fully saturated rings. The number of carboxylic acids is 2. The van der Waals surface area contributed by atoms with Gasteiger partial charge in [-0.05, 0) is 44.7 Å². The van der Waals surface area contributed by atoms with E-state index in [9.17, 15) is 14.4 Å². The smallest absolute Gasteiger partial charge is 0.335 e. The molecule has 216 valence electrons. The van der Waals surface area contributed by atoms with Crippen molar-refractivity contribution in [3.8, 4) is 0 Å². The maximum absolute atomic E-state index is 14.2. The predicted octanol–water partition coefficient (Wildman–Crippen LogP) is 2.60. The molecular weight excluding hydrogens is 512 g/mol. The van der Waals surface area contributed by atoms with Crippen molar-refractivity contribution in [3.05, 3.63) is 71.8 Å². The second-order valence-corrected chi connectivity index (χ2v) is 12.5. The van der Waals surface area contributed by atoms with Crippen LogP contribution in [0.25, 0.3) is 0 Å². The number of carbonyl (C=O) groups excluding carboxylic acids is 1. The lowest BCUT2D eigenvalue weighted by Crippen LogP contribution is -2.83. The Morgan fingerprint density at radius 1 is 0.800 bits per heavy atom. The van der Waals surface area contributed by atoms with E-state index in [-0.39, 0.29) is 17.0 Å². The van der Waals surface area contributed by atoms with Gasteiger partial charge >= 0.3 is 17.8 Å². The van der Waals surface area contributed by atoms with Gasteiger partial charge < -0.3 is 26.2 Å². The number of hydrogen-bond donors (Lipinski definition) is 5. The maximum Gasteiger partial charge on any atom is 0.335 e. The molecular formula is C31H41N2O7+. The van der Waals surface area contributed by atoms with Crippen molar-refractivity contribution in [1.29, 1.82) is 0 Å². The standard InChI is InChI=1S/C27H35N2O.C4H6O6/c1-26(2)21-14-22-17-29(26,18-23(15-21)27(22,3)28)25(30)16-24(19-10-6-4-7-11-19)20-12-8-5-9-13-20;5-1(3(7)8)2(6)4(9)10/h4-13,21-24H,14-18,28H2,1-3H3;1-2,5-6H,(H,7,8)(H,9,10)/q+1;. The van der Waals surface area contributed by atoms with Crippen molar-refractivity contribution in [3.63, 3.8) is 0 Å². The zero-order chi connectivity index (χ0) is 29.5. The third-order valence-electron chi connectivity index (χ3n) is 10.1. The van der Waals surface area contributed by atoms with Crippen LogP contribution in [-0.4, -0.2) is 79.1 Å². The first kappa shape index (κ1) is 29.9. The fourth-order valence-corrected chi connectivity index (χ4v) is 7.33. The Morgan fingerprint density at radius 3 is 1.57 bits per heavy atom. The highest BCUT2D eigenvalue weighted by atomic mass is 16.4. The number of nitrogens with zero attached hydrogens (tertiary/aromatic N) is 1. The minimum Gasteiger partial charge on any atom is -0.479 e. The number of quaternary nitrogens is 1. The Labute approximate surface area is 234 Å². The quantitative estimate of drug-likeness (QED) is 0.327. The number of benzene rings is 2. The summed E-state index contributed by atoms with van der Waals surface area (Å²) in [6, 6.07) is 21.1. The average molecular weight is 554 g/mol. The van der Waals surface area contributed by atoms with Crippen LogP contribution in [0.15, 0.2) is 60.7 Å². The van der Waals surface area contributed by atoms with Gasteiger partial charge in [-0.25, -0.2) is 14.4 Å². The predicted molar refractivity (Wildman–Crippen MR) is 148 cm³/mol. The highest BCUT2D eigenvalue weighted by Crippen LogP contribution is 2.59. The first-order valence-electron chi connectivity index (χ1n) is 13.8. The molecule has 1 saturated carbocycles. The van der Waals surface area contributed by atoms with Crippen LogP contribution in [0.3, 0.4) is 0 Å². The molecule has 40 heavy (non-hydrogen) atoms. The van der Waals surface area contributed by atoms with Gasteiger partial charge in [-0.1, -0.05) is 60.7 Å². The second-order valence-electron chi connectivity index (χ2n) is 12.5. The first-order valence-corrected chi connectivity index (χ1v) is 13.8. The molecule has 4 aliphatic rings. The van der Waals surface area contributed by atoms with E-state index in [1.165, 1.54) is 24.0 Å². The summed E-state index contributed by atoms with van der Waals surface area (Å²) in [5, 5.41) is 32.5. The summed E-state index contributed by atoms with van der Waals surface area (Å²) in [7, 11) is 0. The summed E-state index contributed by atoms with van der Waals surface area (Å²) < 4.78 is 0.635. The molecule has 2 aromatic carbocycles. The lowest BCUT2D eigenvalue weighted by molar-refractivity contribution is -0.935. The molecule has 3 saturated heterocycles. The number of aliphatic hydroxyl groups excluding tert-OH is 2. The van der Waals surface area contributed by atoms with Gasteiger partial charge in [0, 0.05) is 29.2 Å². The van der Waals surface area contributed by atoms with E-state index in [2.05, 4.69) is 69.3 Å². The molecule has 6 rings (SSSR count). The Kier molecular flexibility index (Phi) is 8.25. The van der Waals surface area contributed by atoms with Gasteiger partial charge in [0.25, 0.3) is 0 Å². The fraction of sp³-hybridized carbons (Fsp3) is 0.516. The average Bonchev–Trinajstić information content (AvgIpc) is 2.91. The van der Waals surface area contributed by atoms with Crippen LogP contribution in [0.4, 0.5) is 0 Å². The normalized spacial score (nSPS) is 31.1. The lowest BCUT2D eigenvalue weighted by Gasteiger charge is -2.69. The van der Waals surface area contributed by atoms with Crippen LogP contribution in [0.2, 0.25) is 0 Å². The zero-order valence-electron chi connectivity index (χ0n) is 23.3. The summed E-state index contributed by atoms with van der Waals surface area (Å²) in [5.41, 5.74) is 9.16. The Morgan fingerprint density at radius 2 is 1.20 bits per heavy atom. The molecule has 1 amide bonds. The number of piperidine rings is 3. The molecule has 9 nitrogen and oxygen atoms in total.